The Kier molecular flexibility index (Phi) is 4.14. The molecule has 0 spiro atoms. The standard InChI is InChI=1S/C16H22N2O2/c1-5-13(17)12-6-7-15-14(8-12)18(9-10(2)3)16(19)11(4)20-15/h6-8,11,13H,2,5,9,17H2,1,3-4H3. The van der Waals surface area contributed by atoms with Crippen molar-refractivity contribution in [2.24, 2.45) is 5.73 Å². The van der Waals surface area contributed by atoms with E-state index in [4.69, 9.17) is 10.5 Å². The fourth-order valence-corrected chi connectivity index (χ4v) is 2.32. The molecule has 4 heteroatoms. The number of carbonyl (C=O) groups excluding carboxylic acids is 1. The Hall–Kier alpha value is -1.81. The fraction of sp³-hybridized carbons (Fsp3) is 0.438. The quantitative estimate of drug-likeness (QED) is 0.859. The molecule has 0 aliphatic carbocycles. The van der Waals surface area contributed by atoms with Crippen LogP contribution in [0.5, 0.6) is 5.75 Å². The average molecular weight is 274 g/mol. The average Bonchev–Trinajstić information content (AvgIpc) is 2.42. The first-order valence-electron chi connectivity index (χ1n) is 6.96. The number of benzene rings is 1. The monoisotopic (exact) mass is 274 g/mol. The molecule has 1 aromatic rings. The van der Waals surface area contributed by atoms with E-state index in [1.807, 2.05) is 32.0 Å². The molecule has 0 fully saturated rings. The maximum Gasteiger partial charge on any atom is 0.268 e. The molecule has 0 bridgehead atoms. The Morgan fingerprint density at radius 1 is 1.55 bits per heavy atom. The summed E-state index contributed by atoms with van der Waals surface area (Å²) in [5, 5.41) is 0. The van der Waals surface area contributed by atoms with E-state index >= 15 is 0 Å². The third-order valence-electron chi connectivity index (χ3n) is 3.49. The van der Waals surface area contributed by atoms with Gasteiger partial charge >= 0.3 is 0 Å². The summed E-state index contributed by atoms with van der Waals surface area (Å²) in [4.78, 5) is 14.0. The second-order valence-electron chi connectivity index (χ2n) is 5.38. The van der Waals surface area contributed by atoms with E-state index in [1.165, 1.54) is 0 Å². The number of nitrogens with two attached hydrogens (primary N) is 1. The van der Waals surface area contributed by atoms with Crippen LogP contribution in [0.4, 0.5) is 5.69 Å². The Balaban J connectivity index is 2.45. The van der Waals surface area contributed by atoms with E-state index in [0.29, 0.717) is 6.54 Å². The van der Waals surface area contributed by atoms with Crippen molar-refractivity contribution >= 4 is 11.6 Å². The molecule has 2 N–H and O–H groups in total. The normalized spacial score (nSPS) is 19.3. The highest BCUT2D eigenvalue weighted by molar-refractivity contribution is 6.00. The van der Waals surface area contributed by atoms with Crippen LogP contribution in [0.15, 0.2) is 30.4 Å². The predicted octanol–water partition coefficient (Wildman–Crippen LogP) is 2.79. The Morgan fingerprint density at radius 3 is 2.85 bits per heavy atom. The third kappa shape index (κ3) is 2.70. The summed E-state index contributed by atoms with van der Waals surface area (Å²) >= 11 is 0. The number of amides is 1. The topological polar surface area (TPSA) is 55.6 Å². The van der Waals surface area contributed by atoms with Crippen LogP contribution in [0, 0.1) is 0 Å². The molecule has 2 atom stereocenters. The van der Waals surface area contributed by atoms with Gasteiger partial charge in [-0.3, -0.25) is 4.79 Å². The van der Waals surface area contributed by atoms with Crippen molar-refractivity contribution in [3.05, 3.63) is 35.9 Å². The van der Waals surface area contributed by atoms with Gasteiger partial charge in [-0.15, -0.1) is 0 Å². The van der Waals surface area contributed by atoms with Crippen molar-refractivity contribution in [2.75, 3.05) is 11.4 Å². The number of hydrogen-bond acceptors (Lipinski definition) is 3. The zero-order chi connectivity index (χ0) is 14.9. The van der Waals surface area contributed by atoms with E-state index < -0.39 is 6.10 Å². The molecule has 1 aliphatic heterocycles. The van der Waals surface area contributed by atoms with Gasteiger partial charge in [-0.05, 0) is 38.0 Å². The van der Waals surface area contributed by atoms with E-state index in [9.17, 15) is 4.79 Å². The summed E-state index contributed by atoms with van der Waals surface area (Å²) in [6.07, 6.45) is 0.386. The molecular formula is C16H22N2O2. The summed E-state index contributed by atoms with van der Waals surface area (Å²) in [5.74, 6) is 0.688. The third-order valence-corrected chi connectivity index (χ3v) is 3.49. The number of ether oxygens (including phenoxy) is 1. The minimum absolute atomic E-state index is 0.0265. The Labute approximate surface area is 120 Å². The molecule has 4 nitrogen and oxygen atoms in total. The van der Waals surface area contributed by atoms with Gasteiger partial charge in [0, 0.05) is 12.6 Å². The van der Waals surface area contributed by atoms with Gasteiger partial charge in [0.05, 0.1) is 5.69 Å². The van der Waals surface area contributed by atoms with E-state index in [0.717, 1.165) is 29.0 Å². The number of nitrogens with zero attached hydrogens (tertiary/aromatic N) is 1. The lowest BCUT2D eigenvalue weighted by Crippen LogP contribution is -2.45. The molecule has 0 radical (unpaired) electrons. The SMILES string of the molecule is C=C(C)CN1C(=O)C(C)Oc2ccc(C(N)CC)cc21. The smallest absolute Gasteiger partial charge is 0.268 e. The minimum atomic E-state index is -0.465. The zero-order valence-corrected chi connectivity index (χ0v) is 12.3. The van der Waals surface area contributed by atoms with Crippen molar-refractivity contribution < 1.29 is 9.53 Å². The summed E-state index contributed by atoms with van der Waals surface area (Å²) in [7, 11) is 0. The van der Waals surface area contributed by atoms with Crippen LogP contribution in [0.2, 0.25) is 0 Å². The van der Waals surface area contributed by atoms with Crippen molar-refractivity contribution in [3.63, 3.8) is 0 Å². The van der Waals surface area contributed by atoms with Gasteiger partial charge in [0.15, 0.2) is 6.10 Å². The van der Waals surface area contributed by atoms with E-state index in [-0.39, 0.29) is 11.9 Å². The fourth-order valence-electron chi connectivity index (χ4n) is 2.32. The Bertz CT molecular complexity index is 539. The van der Waals surface area contributed by atoms with Crippen LogP contribution in [0.3, 0.4) is 0 Å². The Morgan fingerprint density at radius 2 is 2.25 bits per heavy atom. The lowest BCUT2D eigenvalue weighted by Gasteiger charge is -2.33. The second kappa shape index (κ2) is 5.67. The van der Waals surface area contributed by atoms with Gasteiger partial charge < -0.3 is 15.4 Å². The summed E-state index contributed by atoms with van der Waals surface area (Å²) in [5.41, 5.74) is 8.81. The van der Waals surface area contributed by atoms with Crippen LogP contribution in [-0.2, 0) is 4.79 Å². The second-order valence-corrected chi connectivity index (χ2v) is 5.38. The van der Waals surface area contributed by atoms with Crippen LogP contribution >= 0.6 is 0 Å². The molecule has 0 saturated heterocycles. The molecule has 0 saturated carbocycles. The van der Waals surface area contributed by atoms with Gasteiger partial charge in [-0.2, -0.15) is 0 Å². The van der Waals surface area contributed by atoms with Gasteiger partial charge in [0.1, 0.15) is 5.75 Å². The number of rotatable bonds is 4. The van der Waals surface area contributed by atoms with Crippen LogP contribution in [-0.4, -0.2) is 18.6 Å². The molecule has 1 amide bonds. The van der Waals surface area contributed by atoms with E-state index in [1.54, 1.807) is 11.8 Å². The summed E-state index contributed by atoms with van der Waals surface area (Å²) < 4.78 is 5.66. The minimum Gasteiger partial charge on any atom is -0.479 e. The largest absolute Gasteiger partial charge is 0.479 e. The molecular weight excluding hydrogens is 252 g/mol. The molecule has 108 valence electrons. The first-order valence-corrected chi connectivity index (χ1v) is 6.96. The highest BCUT2D eigenvalue weighted by Gasteiger charge is 2.31. The maximum absolute atomic E-state index is 12.3. The molecule has 1 heterocycles. The van der Waals surface area contributed by atoms with Gasteiger partial charge in [0.25, 0.3) is 5.91 Å². The number of hydrogen-bond donors (Lipinski definition) is 1. The highest BCUT2D eigenvalue weighted by atomic mass is 16.5. The summed E-state index contributed by atoms with van der Waals surface area (Å²) in [6.45, 7) is 10.1. The predicted molar refractivity (Wildman–Crippen MR) is 80.9 cm³/mol. The van der Waals surface area contributed by atoms with Crippen molar-refractivity contribution in [2.45, 2.75) is 39.3 Å². The lowest BCUT2D eigenvalue weighted by atomic mass is 10.0. The maximum atomic E-state index is 12.3. The van der Waals surface area contributed by atoms with Crippen LogP contribution in [0.1, 0.15) is 38.8 Å². The number of fused-ring (bicyclic) bond motifs is 1. The van der Waals surface area contributed by atoms with E-state index in [2.05, 4.69) is 6.58 Å². The summed E-state index contributed by atoms with van der Waals surface area (Å²) in [6, 6.07) is 5.79. The highest BCUT2D eigenvalue weighted by Crippen LogP contribution is 2.36. The molecule has 20 heavy (non-hydrogen) atoms. The number of anilines is 1. The van der Waals surface area contributed by atoms with Gasteiger partial charge in [-0.1, -0.05) is 25.1 Å². The van der Waals surface area contributed by atoms with Gasteiger partial charge in [0.2, 0.25) is 0 Å². The molecule has 2 unspecified atom stereocenters. The lowest BCUT2D eigenvalue weighted by molar-refractivity contribution is -0.125. The molecule has 0 aromatic heterocycles. The van der Waals surface area contributed by atoms with Crippen LogP contribution in [0.25, 0.3) is 0 Å². The van der Waals surface area contributed by atoms with Gasteiger partial charge in [-0.25, -0.2) is 0 Å². The van der Waals surface area contributed by atoms with Crippen molar-refractivity contribution in [1.29, 1.82) is 0 Å². The first-order chi connectivity index (χ1) is 9.43. The first kappa shape index (κ1) is 14.6. The van der Waals surface area contributed by atoms with Crippen molar-refractivity contribution in [3.8, 4) is 5.75 Å². The van der Waals surface area contributed by atoms with Crippen LogP contribution < -0.4 is 15.4 Å². The molecule has 1 aromatic carbocycles. The zero-order valence-electron chi connectivity index (χ0n) is 12.3. The number of carbonyl (C=O) groups is 1. The molecule has 1 aliphatic rings. The molecule has 2 rings (SSSR count). The van der Waals surface area contributed by atoms with Crippen molar-refractivity contribution in [1.82, 2.24) is 0 Å².